The van der Waals surface area contributed by atoms with Gasteiger partial charge in [0.2, 0.25) is 11.9 Å². The second kappa shape index (κ2) is 14.7. The van der Waals surface area contributed by atoms with Gasteiger partial charge in [0.15, 0.2) is 0 Å². The van der Waals surface area contributed by atoms with Gasteiger partial charge in [0.1, 0.15) is 0 Å². The number of imidazole rings is 1. The Morgan fingerprint density at radius 3 is 2.57 bits per heavy atom. The maximum atomic E-state index is 13.2. The Balaban J connectivity index is 1.66. The molecule has 2 amide bonds. The third-order valence-electron chi connectivity index (χ3n) is 6.88. The fourth-order valence-corrected chi connectivity index (χ4v) is 5.21. The van der Waals surface area contributed by atoms with Crippen molar-refractivity contribution in [1.82, 2.24) is 14.9 Å². The second-order valence-electron chi connectivity index (χ2n) is 11.2. The fraction of sp³-hybridized carbons (Fsp3) is 0.344. The number of alkyl halides is 2. The normalized spacial score (nSPS) is 12.4. The number of aromatic nitrogens is 2. The molecule has 4 rings (SSSR count). The third-order valence-corrected chi connectivity index (χ3v) is 7.97. The second-order valence-corrected chi connectivity index (χ2v) is 12.3. The van der Waals surface area contributed by atoms with E-state index in [1.165, 1.54) is 18.2 Å². The molecule has 0 saturated heterocycles. The molecule has 2 aromatic carbocycles. The minimum Gasteiger partial charge on any atom is -0.382 e. The fourth-order valence-electron chi connectivity index (χ4n) is 4.45. The number of methoxy groups -OCH3 is 1. The van der Waals surface area contributed by atoms with Crippen molar-refractivity contribution in [2.45, 2.75) is 39.8 Å². The number of carbonyl (C=O) groups is 2. The van der Waals surface area contributed by atoms with Crippen LogP contribution in [-0.4, -0.2) is 54.3 Å². The maximum absolute atomic E-state index is 13.2. The topological polar surface area (TPSA) is 107 Å². The van der Waals surface area contributed by atoms with Crippen LogP contribution in [0.1, 0.15) is 47.3 Å². The standard InChI is InChI=1S/C32H37F2N5O4S/c1-6-28(40)36-21-8-7-9-22(17-21)39-24-11-10-20(18-35-27(32(2,3)4)19-43-15-14-42-5)16-23(24)37-31(39)38-30(41)26-13-12-25(44-26)29(33)34/h6-13,16-17,27,29,35H,1,14-15,18-19H2,2-5H3,(H,36,40)(H,37,38,41)/t27-/m0/s1. The Labute approximate surface area is 259 Å². The first-order chi connectivity index (χ1) is 21.0. The summed E-state index contributed by atoms with van der Waals surface area (Å²) in [6.45, 7) is 12.0. The number of carbonyl (C=O) groups excluding carboxylic acids is 2. The third kappa shape index (κ3) is 8.35. The molecule has 0 bridgehead atoms. The lowest BCUT2D eigenvalue weighted by molar-refractivity contribution is -0.111. The maximum Gasteiger partial charge on any atom is 0.272 e. The van der Waals surface area contributed by atoms with Crippen molar-refractivity contribution in [3.63, 3.8) is 0 Å². The van der Waals surface area contributed by atoms with E-state index in [0.29, 0.717) is 48.8 Å². The Bertz CT molecular complexity index is 1610. The van der Waals surface area contributed by atoms with Crippen LogP contribution < -0.4 is 16.0 Å². The monoisotopic (exact) mass is 625 g/mol. The highest BCUT2D eigenvalue weighted by Crippen LogP contribution is 2.30. The predicted molar refractivity (Wildman–Crippen MR) is 170 cm³/mol. The summed E-state index contributed by atoms with van der Waals surface area (Å²) in [5.41, 5.74) is 3.37. The zero-order valence-corrected chi connectivity index (χ0v) is 26.0. The van der Waals surface area contributed by atoms with Crippen LogP contribution in [-0.2, 0) is 20.8 Å². The highest BCUT2D eigenvalue weighted by atomic mass is 32.1. The number of rotatable bonds is 14. The highest BCUT2D eigenvalue weighted by molar-refractivity contribution is 7.14. The zero-order valence-electron chi connectivity index (χ0n) is 25.2. The molecule has 0 saturated carbocycles. The number of anilines is 2. The molecule has 0 spiro atoms. The summed E-state index contributed by atoms with van der Waals surface area (Å²) in [6.07, 6.45) is -1.49. The van der Waals surface area contributed by atoms with Crippen LogP contribution in [0.25, 0.3) is 16.7 Å². The number of hydrogen-bond donors (Lipinski definition) is 3. The number of nitrogens with one attached hydrogen (secondary N) is 3. The Morgan fingerprint density at radius 1 is 1.09 bits per heavy atom. The summed E-state index contributed by atoms with van der Waals surface area (Å²) in [4.78, 5) is 29.7. The van der Waals surface area contributed by atoms with E-state index in [1.54, 1.807) is 29.9 Å². The number of fused-ring (bicyclic) bond motifs is 1. The van der Waals surface area contributed by atoms with Crippen molar-refractivity contribution in [3.05, 3.63) is 82.6 Å². The first kappa shape index (κ1) is 32.9. The van der Waals surface area contributed by atoms with Crippen LogP contribution in [0.15, 0.2) is 67.3 Å². The molecule has 0 aliphatic carbocycles. The Kier molecular flexibility index (Phi) is 11.0. The quantitative estimate of drug-likeness (QED) is 0.108. The summed E-state index contributed by atoms with van der Waals surface area (Å²) in [5, 5.41) is 9.12. The van der Waals surface area contributed by atoms with Crippen molar-refractivity contribution >= 4 is 45.8 Å². The lowest BCUT2D eigenvalue weighted by Crippen LogP contribution is -2.43. The predicted octanol–water partition coefficient (Wildman–Crippen LogP) is 6.57. The molecular weight excluding hydrogens is 588 g/mol. The van der Waals surface area contributed by atoms with Crippen molar-refractivity contribution in [2.24, 2.45) is 5.41 Å². The van der Waals surface area contributed by atoms with Gasteiger partial charge in [-0.05, 0) is 59.5 Å². The SMILES string of the molecule is C=CC(=O)Nc1cccc(-n2c(NC(=O)c3ccc(C(F)F)s3)nc3cc(CN[C@@H](COCCOC)C(C)(C)C)ccc32)c1. The van der Waals surface area contributed by atoms with Crippen molar-refractivity contribution < 1.29 is 27.8 Å². The Morgan fingerprint density at radius 2 is 1.89 bits per heavy atom. The first-order valence-electron chi connectivity index (χ1n) is 14.0. The van der Waals surface area contributed by atoms with Gasteiger partial charge in [0.05, 0.1) is 46.3 Å². The summed E-state index contributed by atoms with van der Waals surface area (Å²) in [6, 6.07) is 15.5. The van der Waals surface area contributed by atoms with Crippen LogP contribution in [0.5, 0.6) is 0 Å². The van der Waals surface area contributed by atoms with Gasteiger partial charge in [-0.1, -0.05) is 39.5 Å². The molecule has 1 atom stereocenters. The van der Waals surface area contributed by atoms with E-state index in [0.717, 1.165) is 16.9 Å². The van der Waals surface area contributed by atoms with Crippen LogP contribution in [0, 0.1) is 5.41 Å². The molecular formula is C32H37F2N5O4S. The smallest absolute Gasteiger partial charge is 0.272 e. The van der Waals surface area contributed by atoms with E-state index in [-0.39, 0.29) is 33.1 Å². The lowest BCUT2D eigenvalue weighted by atomic mass is 9.87. The minimum atomic E-state index is -2.67. The Hall–Kier alpha value is -3.97. The van der Waals surface area contributed by atoms with Crippen molar-refractivity contribution in [1.29, 1.82) is 0 Å². The van der Waals surface area contributed by atoms with Crippen LogP contribution in [0.4, 0.5) is 20.4 Å². The average molecular weight is 626 g/mol. The number of thiophene rings is 1. The van der Waals surface area contributed by atoms with Gasteiger partial charge in [-0.15, -0.1) is 11.3 Å². The van der Waals surface area contributed by atoms with Gasteiger partial charge in [0, 0.05) is 25.4 Å². The van der Waals surface area contributed by atoms with Crippen LogP contribution in [0.3, 0.4) is 0 Å². The van der Waals surface area contributed by atoms with Gasteiger partial charge in [-0.3, -0.25) is 19.5 Å². The molecule has 0 aliphatic rings. The number of halogens is 2. The molecule has 12 heteroatoms. The van der Waals surface area contributed by atoms with E-state index in [9.17, 15) is 18.4 Å². The summed E-state index contributed by atoms with van der Waals surface area (Å²) >= 11 is 0.729. The van der Waals surface area contributed by atoms with E-state index >= 15 is 0 Å². The van der Waals surface area contributed by atoms with Crippen molar-refractivity contribution in [2.75, 3.05) is 37.6 Å². The zero-order chi connectivity index (χ0) is 31.9. The molecule has 9 nitrogen and oxygen atoms in total. The average Bonchev–Trinajstić information content (AvgIpc) is 3.61. The molecule has 44 heavy (non-hydrogen) atoms. The van der Waals surface area contributed by atoms with E-state index < -0.39 is 12.3 Å². The van der Waals surface area contributed by atoms with Gasteiger partial charge in [-0.2, -0.15) is 0 Å². The molecule has 0 fully saturated rings. The molecule has 3 N–H and O–H groups in total. The van der Waals surface area contributed by atoms with E-state index in [1.807, 2.05) is 24.3 Å². The number of amides is 2. The van der Waals surface area contributed by atoms with Gasteiger partial charge < -0.3 is 20.1 Å². The molecule has 2 aromatic heterocycles. The number of ether oxygens (including phenoxy) is 2. The van der Waals surface area contributed by atoms with Gasteiger partial charge >= 0.3 is 0 Å². The largest absolute Gasteiger partial charge is 0.382 e. The summed E-state index contributed by atoms with van der Waals surface area (Å²) in [7, 11) is 1.64. The minimum absolute atomic E-state index is 0.0613. The molecule has 4 aromatic rings. The highest BCUT2D eigenvalue weighted by Gasteiger charge is 2.25. The number of nitrogens with zero attached hydrogens (tertiary/aromatic N) is 2. The molecule has 0 radical (unpaired) electrons. The molecule has 0 unspecified atom stereocenters. The number of benzene rings is 2. The molecule has 2 heterocycles. The van der Waals surface area contributed by atoms with Gasteiger partial charge in [-0.25, -0.2) is 13.8 Å². The number of hydrogen-bond acceptors (Lipinski definition) is 7. The lowest BCUT2D eigenvalue weighted by Gasteiger charge is -2.31. The summed E-state index contributed by atoms with van der Waals surface area (Å²) < 4.78 is 39.0. The van der Waals surface area contributed by atoms with Gasteiger partial charge in [0.25, 0.3) is 12.3 Å². The van der Waals surface area contributed by atoms with E-state index in [2.05, 4.69) is 43.3 Å². The van der Waals surface area contributed by atoms with Crippen LogP contribution >= 0.6 is 11.3 Å². The molecule has 234 valence electrons. The van der Waals surface area contributed by atoms with E-state index in [4.69, 9.17) is 14.5 Å². The first-order valence-corrected chi connectivity index (χ1v) is 14.9. The molecule has 0 aliphatic heterocycles. The van der Waals surface area contributed by atoms with Crippen molar-refractivity contribution in [3.8, 4) is 5.69 Å². The van der Waals surface area contributed by atoms with Crippen LogP contribution in [0.2, 0.25) is 0 Å². The summed E-state index contributed by atoms with van der Waals surface area (Å²) in [5.74, 6) is -0.722.